The summed E-state index contributed by atoms with van der Waals surface area (Å²) in [5.41, 5.74) is 1.34. The molecule has 1 aromatic heterocycles. The van der Waals surface area contributed by atoms with E-state index in [2.05, 4.69) is 0 Å². The van der Waals surface area contributed by atoms with Gasteiger partial charge in [-0.3, -0.25) is 14.4 Å². The van der Waals surface area contributed by atoms with Gasteiger partial charge in [-0.1, -0.05) is 11.6 Å². The van der Waals surface area contributed by atoms with Crippen LogP contribution in [-0.2, 0) is 4.79 Å². The number of amides is 1. The molecule has 0 aliphatic carbocycles. The molecule has 3 heterocycles. The largest absolute Gasteiger partial charge is 0.496 e. The van der Waals surface area contributed by atoms with E-state index in [0.29, 0.717) is 65.3 Å². The Hall–Kier alpha value is -4.07. The Bertz CT molecular complexity index is 1440. The quantitative estimate of drug-likeness (QED) is 0.508. The Kier molecular flexibility index (Phi) is 6.04. The van der Waals surface area contributed by atoms with Gasteiger partial charge in [0.25, 0.3) is 0 Å². The fourth-order valence-electron chi connectivity index (χ4n) is 4.91. The van der Waals surface area contributed by atoms with Crippen LogP contribution in [0.1, 0.15) is 40.7 Å². The first-order chi connectivity index (χ1) is 17.3. The number of Topliss-reactive ketones (excluding diaryl/α,β-unsaturated/α-hetero) is 1. The van der Waals surface area contributed by atoms with E-state index in [9.17, 15) is 14.4 Å². The number of benzene rings is 2. The summed E-state index contributed by atoms with van der Waals surface area (Å²) in [5, 5.41) is 0.483. The predicted octanol–water partition coefficient (Wildman–Crippen LogP) is 4.16. The van der Waals surface area contributed by atoms with Gasteiger partial charge in [-0.2, -0.15) is 0 Å². The highest BCUT2D eigenvalue weighted by molar-refractivity contribution is 6.03. The highest BCUT2D eigenvalue weighted by Crippen LogP contribution is 2.44. The Labute approximate surface area is 208 Å². The van der Waals surface area contributed by atoms with Gasteiger partial charge in [0.15, 0.2) is 11.2 Å². The summed E-state index contributed by atoms with van der Waals surface area (Å²) in [4.78, 5) is 40.4. The van der Waals surface area contributed by atoms with Crippen LogP contribution in [0.15, 0.2) is 51.9 Å². The van der Waals surface area contributed by atoms with Gasteiger partial charge in [0.05, 0.1) is 31.6 Å². The van der Waals surface area contributed by atoms with E-state index in [1.54, 1.807) is 36.3 Å². The van der Waals surface area contributed by atoms with Crippen molar-refractivity contribution in [1.29, 1.82) is 0 Å². The molecular weight excluding hydrogens is 462 g/mol. The number of ether oxygens (including phenoxy) is 3. The fraction of sp³-hybridized carbons (Fsp3) is 0.321. The standard InChI is InChI=1S/C28H27NO7/c1-17-4-6-22-20(12-17)27(32)18(16-35-22)5-7-25(31)29-10-8-28(9-11-29)15-21(30)26-23(34-3)13-19(33-2)14-24(26)36-28/h4-7,12-14,16H,8-11,15H2,1-3H3/b7-5+. The number of methoxy groups -OCH3 is 2. The van der Waals surface area contributed by atoms with Gasteiger partial charge in [-0.15, -0.1) is 0 Å². The second-order valence-electron chi connectivity index (χ2n) is 9.27. The molecule has 1 fully saturated rings. The number of aryl methyl sites for hydroxylation is 1. The summed E-state index contributed by atoms with van der Waals surface area (Å²) in [5.74, 6) is 1.16. The molecule has 2 aromatic carbocycles. The third-order valence-electron chi connectivity index (χ3n) is 6.93. The van der Waals surface area contributed by atoms with Gasteiger partial charge in [0, 0.05) is 44.1 Å². The fourth-order valence-corrected chi connectivity index (χ4v) is 4.91. The number of nitrogens with zero attached hydrogens (tertiary/aromatic N) is 1. The van der Waals surface area contributed by atoms with E-state index in [1.807, 2.05) is 13.0 Å². The molecule has 0 saturated carbocycles. The van der Waals surface area contributed by atoms with Crippen molar-refractivity contribution >= 4 is 28.7 Å². The van der Waals surface area contributed by atoms with E-state index in [1.165, 1.54) is 25.5 Å². The molecule has 0 unspecified atom stereocenters. The van der Waals surface area contributed by atoms with Crippen LogP contribution in [0.4, 0.5) is 0 Å². The lowest BCUT2D eigenvalue weighted by atomic mass is 9.82. The lowest BCUT2D eigenvalue weighted by Crippen LogP contribution is -2.52. The number of rotatable bonds is 4. The maximum absolute atomic E-state index is 13.0. The van der Waals surface area contributed by atoms with Crippen molar-refractivity contribution in [2.45, 2.75) is 31.8 Å². The number of carbonyl (C=O) groups is 2. The van der Waals surface area contributed by atoms with Crippen LogP contribution in [0, 0.1) is 6.92 Å². The number of ketones is 1. The van der Waals surface area contributed by atoms with Crippen LogP contribution in [0.25, 0.3) is 17.0 Å². The van der Waals surface area contributed by atoms with E-state index >= 15 is 0 Å². The van der Waals surface area contributed by atoms with Crippen LogP contribution < -0.4 is 19.6 Å². The summed E-state index contributed by atoms with van der Waals surface area (Å²) < 4.78 is 22.6. The monoisotopic (exact) mass is 489 g/mol. The van der Waals surface area contributed by atoms with Crippen LogP contribution in [-0.4, -0.2) is 49.5 Å². The number of likely N-dealkylation sites (tertiary alicyclic amines) is 1. The third-order valence-corrected chi connectivity index (χ3v) is 6.93. The van der Waals surface area contributed by atoms with Crippen molar-refractivity contribution in [1.82, 2.24) is 4.90 Å². The minimum absolute atomic E-state index is 0.0475. The number of piperidine rings is 1. The molecule has 36 heavy (non-hydrogen) atoms. The maximum atomic E-state index is 13.0. The summed E-state index contributed by atoms with van der Waals surface area (Å²) >= 11 is 0. The molecule has 0 bridgehead atoms. The zero-order chi connectivity index (χ0) is 25.4. The molecule has 186 valence electrons. The van der Waals surface area contributed by atoms with Crippen LogP contribution in [0.2, 0.25) is 0 Å². The Morgan fingerprint density at radius 3 is 2.58 bits per heavy atom. The van der Waals surface area contributed by atoms with Crippen molar-refractivity contribution in [3.63, 3.8) is 0 Å². The topological polar surface area (TPSA) is 95.3 Å². The van der Waals surface area contributed by atoms with Gasteiger partial charge in [0.1, 0.15) is 40.3 Å². The molecule has 2 aliphatic rings. The molecular formula is C28H27NO7. The summed E-state index contributed by atoms with van der Waals surface area (Å²) in [6.45, 7) is 2.76. The van der Waals surface area contributed by atoms with E-state index < -0.39 is 5.60 Å². The Morgan fingerprint density at radius 2 is 1.86 bits per heavy atom. The molecule has 0 atom stereocenters. The highest BCUT2D eigenvalue weighted by Gasteiger charge is 2.44. The van der Waals surface area contributed by atoms with Crippen molar-refractivity contribution in [2.24, 2.45) is 0 Å². The zero-order valence-corrected chi connectivity index (χ0v) is 20.5. The third kappa shape index (κ3) is 4.23. The smallest absolute Gasteiger partial charge is 0.246 e. The molecule has 1 spiro atoms. The van der Waals surface area contributed by atoms with Gasteiger partial charge in [0.2, 0.25) is 5.91 Å². The van der Waals surface area contributed by atoms with Crippen LogP contribution >= 0.6 is 0 Å². The van der Waals surface area contributed by atoms with Crippen LogP contribution in [0.3, 0.4) is 0 Å². The van der Waals surface area contributed by atoms with Gasteiger partial charge >= 0.3 is 0 Å². The number of fused-ring (bicyclic) bond motifs is 2. The Balaban J connectivity index is 1.29. The van der Waals surface area contributed by atoms with Gasteiger partial charge in [-0.25, -0.2) is 0 Å². The lowest BCUT2D eigenvalue weighted by Gasteiger charge is -2.44. The van der Waals surface area contributed by atoms with Crippen LogP contribution in [0.5, 0.6) is 17.2 Å². The van der Waals surface area contributed by atoms with Crippen molar-refractivity contribution in [2.75, 3.05) is 27.3 Å². The van der Waals surface area contributed by atoms with Crippen molar-refractivity contribution < 1.29 is 28.2 Å². The minimum atomic E-state index is -0.681. The molecule has 8 heteroatoms. The highest BCUT2D eigenvalue weighted by atomic mass is 16.5. The molecule has 1 saturated heterocycles. The van der Waals surface area contributed by atoms with E-state index in [-0.39, 0.29) is 23.5 Å². The molecule has 2 aliphatic heterocycles. The second-order valence-corrected chi connectivity index (χ2v) is 9.27. The first-order valence-corrected chi connectivity index (χ1v) is 11.8. The summed E-state index contributed by atoms with van der Waals surface area (Å²) in [6.07, 6.45) is 5.50. The van der Waals surface area contributed by atoms with Gasteiger partial charge in [-0.05, 0) is 25.1 Å². The number of carbonyl (C=O) groups excluding carboxylic acids is 2. The minimum Gasteiger partial charge on any atom is -0.496 e. The van der Waals surface area contributed by atoms with Crippen molar-refractivity contribution in [3.8, 4) is 17.2 Å². The molecule has 0 radical (unpaired) electrons. The number of hydrogen-bond donors (Lipinski definition) is 0. The normalized spacial score (nSPS) is 16.8. The predicted molar refractivity (Wildman–Crippen MR) is 134 cm³/mol. The molecule has 8 nitrogen and oxygen atoms in total. The first-order valence-electron chi connectivity index (χ1n) is 11.8. The summed E-state index contributed by atoms with van der Waals surface area (Å²) in [7, 11) is 3.05. The van der Waals surface area contributed by atoms with Crippen molar-refractivity contribution in [3.05, 3.63) is 69.6 Å². The average Bonchev–Trinajstić information content (AvgIpc) is 2.88. The maximum Gasteiger partial charge on any atom is 0.246 e. The molecule has 5 rings (SSSR count). The molecule has 0 N–H and O–H groups in total. The first kappa shape index (κ1) is 23.7. The Morgan fingerprint density at radius 1 is 1.08 bits per heavy atom. The molecule has 1 amide bonds. The van der Waals surface area contributed by atoms with E-state index in [0.717, 1.165) is 5.56 Å². The average molecular weight is 490 g/mol. The SMILES string of the molecule is COc1cc(OC)c2c(c1)OC1(CCN(C(=O)/C=C/c3coc4ccc(C)cc4c3=O)CC1)CC2=O. The van der Waals surface area contributed by atoms with E-state index in [4.69, 9.17) is 18.6 Å². The summed E-state index contributed by atoms with van der Waals surface area (Å²) in [6, 6.07) is 8.79. The lowest BCUT2D eigenvalue weighted by molar-refractivity contribution is -0.129. The number of hydrogen-bond acceptors (Lipinski definition) is 7. The van der Waals surface area contributed by atoms with Gasteiger partial charge < -0.3 is 23.5 Å². The second kappa shape index (κ2) is 9.18. The molecule has 3 aromatic rings. The zero-order valence-electron chi connectivity index (χ0n) is 20.5.